The molecule has 0 aromatic rings. The molecule has 0 aromatic carbocycles. The first-order valence-electron chi connectivity index (χ1n) is 11.8. The average molecular weight is 469 g/mol. The largest absolute Gasteiger partial charge is 0.480 e. The van der Waals surface area contributed by atoms with Gasteiger partial charge in [0.05, 0.1) is 18.6 Å². The van der Waals surface area contributed by atoms with E-state index >= 15 is 0 Å². The predicted molar refractivity (Wildman–Crippen MR) is 118 cm³/mol. The van der Waals surface area contributed by atoms with Crippen molar-refractivity contribution in [2.45, 2.75) is 82.3 Å². The molecule has 1 aliphatic carbocycles. The number of ketones is 1. The Kier molecular flexibility index (Phi) is 10.7. The van der Waals surface area contributed by atoms with Crippen LogP contribution in [-0.2, 0) is 24.0 Å². The number of rotatable bonds is 14. The highest BCUT2D eigenvalue weighted by Gasteiger charge is 2.42. The van der Waals surface area contributed by atoms with E-state index in [-0.39, 0.29) is 18.9 Å². The highest BCUT2D eigenvalue weighted by molar-refractivity contribution is 6.35. The highest BCUT2D eigenvalue weighted by atomic mass is 16.4. The first kappa shape index (κ1) is 26.7. The number of nitrogens with zero attached hydrogens (tertiary/aromatic N) is 1. The van der Waals surface area contributed by atoms with Crippen LogP contribution in [-0.4, -0.2) is 82.4 Å². The monoisotopic (exact) mass is 468 g/mol. The van der Waals surface area contributed by atoms with Crippen molar-refractivity contribution in [2.24, 2.45) is 11.7 Å². The smallest absolute Gasteiger partial charge is 0.374 e. The predicted octanol–water partition coefficient (Wildman–Crippen LogP) is -0.132. The van der Waals surface area contributed by atoms with Crippen molar-refractivity contribution < 1.29 is 34.2 Å². The van der Waals surface area contributed by atoms with E-state index in [9.17, 15) is 24.0 Å². The number of unbranched alkanes of at least 4 members (excludes halogenated alkanes) is 1. The molecule has 0 radical (unpaired) electrons. The van der Waals surface area contributed by atoms with Gasteiger partial charge < -0.3 is 26.2 Å². The zero-order valence-electron chi connectivity index (χ0n) is 19.0. The van der Waals surface area contributed by atoms with Gasteiger partial charge in [-0.2, -0.15) is 0 Å². The van der Waals surface area contributed by atoms with Gasteiger partial charge in [-0.3, -0.25) is 24.5 Å². The van der Waals surface area contributed by atoms with Gasteiger partial charge in [-0.15, -0.1) is 0 Å². The third-order valence-corrected chi connectivity index (χ3v) is 6.49. The number of Topliss-reactive ketones (excluding diaryl/α,β-unsaturated/α-hetero) is 1. The molecule has 0 spiro atoms. The number of carbonyl (C=O) groups excluding carboxylic acids is 3. The lowest BCUT2D eigenvalue weighted by molar-refractivity contribution is -0.153. The zero-order chi connectivity index (χ0) is 24.4. The number of carboxylic acid groups (broad SMARTS) is 2. The van der Waals surface area contributed by atoms with Crippen LogP contribution < -0.4 is 16.4 Å². The average Bonchev–Trinajstić information content (AvgIpc) is 2.75. The summed E-state index contributed by atoms with van der Waals surface area (Å²) in [7, 11) is 0. The molecule has 0 bridgehead atoms. The van der Waals surface area contributed by atoms with E-state index in [1.165, 1.54) is 4.90 Å². The minimum atomic E-state index is -1.62. The van der Waals surface area contributed by atoms with Crippen LogP contribution in [0.25, 0.3) is 0 Å². The van der Waals surface area contributed by atoms with E-state index in [1.807, 2.05) is 0 Å². The fourth-order valence-corrected chi connectivity index (χ4v) is 4.54. The molecule has 2 aliphatic rings. The number of nitrogens with two attached hydrogens (primary N) is 1. The maximum atomic E-state index is 13.2. The van der Waals surface area contributed by atoms with Crippen molar-refractivity contribution in [1.29, 1.82) is 0 Å². The first-order chi connectivity index (χ1) is 15.7. The summed E-state index contributed by atoms with van der Waals surface area (Å²) >= 11 is 0. The number of aliphatic carboxylic acids is 2. The van der Waals surface area contributed by atoms with E-state index in [0.29, 0.717) is 44.7 Å². The van der Waals surface area contributed by atoms with E-state index in [0.717, 1.165) is 32.1 Å². The van der Waals surface area contributed by atoms with Crippen LogP contribution >= 0.6 is 0 Å². The minimum Gasteiger partial charge on any atom is -0.480 e. The minimum absolute atomic E-state index is 0.152. The van der Waals surface area contributed by atoms with Crippen molar-refractivity contribution in [1.82, 2.24) is 15.5 Å². The lowest BCUT2D eigenvalue weighted by atomic mass is 9.84. The molecule has 33 heavy (non-hydrogen) atoms. The van der Waals surface area contributed by atoms with Crippen LogP contribution in [0.2, 0.25) is 0 Å². The third kappa shape index (κ3) is 8.08. The van der Waals surface area contributed by atoms with Crippen LogP contribution in [0.5, 0.6) is 0 Å². The fraction of sp³-hybridized carbons (Fsp3) is 0.773. The molecule has 0 aromatic heterocycles. The molecule has 0 unspecified atom stereocenters. The Morgan fingerprint density at radius 2 is 1.67 bits per heavy atom. The SMILES string of the molecule is NCCCC[C@H](NC(=O)[C@@H]1CCN1C(=O)[C@@H](CC1CCCCC1)NCC(=O)O)C(=O)C(=O)O. The Morgan fingerprint density at radius 1 is 0.970 bits per heavy atom. The fourth-order valence-electron chi connectivity index (χ4n) is 4.54. The summed E-state index contributed by atoms with van der Waals surface area (Å²) in [5.41, 5.74) is 5.45. The van der Waals surface area contributed by atoms with Crippen LogP contribution in [0.4, 0.5) is 0 Å². The Hall–Kier alpha value is -2.53. The summed E-state index contributed by atoms with van der Waals surface area (Å²) in [5, 5.41) is 23.4. The third-order valence-electron chi connectivity index (χ3n) is 6.49. The lowest BCUT2D eigenvalue weighted by Crippen LogP contribution is -2.63. The van der Waals surface area contributed by atoms with Crippen LogP contribution in [0.3, 0.4) is 0 Å². The summed E-state index contributed by atoms with van der Waals surface area (Å²) in [6.45, 7) is 0.375. The molecular weight excluding hydrogens is 432 g/mol. The van der Waals surface area contributed by atoms with Gasteiger partial charge in [0.2, 0.25) is 11.8 Å². The number of carbonyl (C=O) groups is 5. The Morgan fingerprint density at radius 3 is 2.21 bits per heavy atom. The van der Waals surface area contributed by atoms with Gasteiger partial charge in [0.1, 0.15) is 6.04 Å². The van der Waals surface area contributed by atoms with Gasteiger partial charge >= 0.3 is 11.9 Å². The number of nitrogens with one attached hydrogen (secondary N) is 2. The van der Waals surface area contributed by atoms with Crippen LogP contribution in [0.15, 0.2) is 0 Å². The molecule has 11 heteroatoms. The number of hydrogen-bond acceptors (Lipinski definition) is 7. The Bertz CT molecular complexity index is 724. The van der Waals surface area contributed by atoms with E-state index in [2.05, 4.69) is 10.6 Å². The summed E-state index contributed by atoms with van der Waals surface area (Å²) in [5.74, 6) is -4.38. The Labute approximate surface area is 193 Å². The highest BCUT2D eigenvalue weighted by Crippen LogP contribution is 2.29. The molecule has 2 amide bonds. The maximum Gasteiger partial charge on any atom is 0.374 e. The van der Waals surface area contributed by atoms with Crippen molar-refractivity contribution >= 4 is 29.5 Å². The molecule has 2 rings (SSSR count). The van der Waals surface area contributed by atoms with E-state index < -0.39 is 41.8 Å². The number of likely N-dealkylation sites (tertiary alicyclic amines) is 1. The second-order valence-electron chi connectivity index (χ2n) is 8.92. The second kappa shape index (κ2) is 13.2. The molecule has 1 aliphatic heterocycles. The summed E-state index contributed by atoms with van der Waals surface area (Å²) in [6, 6.07) is -2.69. The van der Waals surface area contributed by atoms with Crippen molar-refractivity contribution in [2.75, 3.05) is 19.6 Å². The normalized spacial score (nSPS) is 20.4. The molecular formula is C22H36N4O7. The number of amides is 2. The molecule has 186 valence electrons. The molecule has 3 atom stereocenters. The Balaban J connectivity index is 2.02. The van der Waals surface area contributed by atoms with Gasteiger partial charge in [0.25, 0.3) is 5.78 Å². The first-order valence-corrected chi connectivity index (χ1v) is 11.8. The van der Waals surface area contributed by atoms with E-state index in [1.54, 1.807) is 0 Å². The van der Waals surface area contributed by atoms with E-state index in [4.69, 9.17) is 15.9 Å². The summed E-state index contributed by atoms with van der Waals surface area (Å²) in [4.78, 5) is 61.6. The van der Waals surface area contributed by atoms with Crippen molar-refractivity contribution in [3.05, 3.63) is 0 Å². The van der Waals surface area contributed by atoms with Crippen molar-refractivity contribution in [3.8, 4) is 0 Å². The zero-order valence-corrected chi connectivity index (χ0v) is 19.0. The molecule has 6 N–H and O–H groups in total. The molecule has 11 nitrogen and oxygen atoms in total. The van der Waals surface area contributed by atoms with Gasteiger partial charge in [0.15, 0.2) is 0 Å². The van der Waals surface area contributed by atoms with Gasteiger partial charge in [-0.05, 0) is 44.6 Å². The van der Waals surface area contributed by atoms with Crippen molar-refractivity contribution in [3.63, 3.8) is 0 Å². The standard InChI is InChI=1S/C22H36N4O7/c23-10-5-4-8-15(19(29)22(32)33)25-20(30)17-9-11-26(17)21(31)16(24-13-18(27)28)12-14-6-2-1-3-7-14/h14-17,24H,1-13,23H2,(H,25,30)(H,27,28)(H,32,33)/t15-,16+,17-/m0/s1. The van der Waals surface area contributed by atoms with Gasteiger partial charge in [-0.1, -0.05) is 32.1 Å². The summed E-state index contributed by atoms with van der Waals surface area (Å²) in [6.07, 6.45) is 7.44. The van der Waals surface area contributed by atoms with Crippen LogP contribution in [0, 0.1) is 5.92 Å². The molecule has 1 saturated carbocycles. The van der Waals surface area contributed by atoms with Gasteiger partial charge in [0, 0.05) is 6.54 Å². The topological polar surface area (TPSA) is 179 Å². The molecule has 1 heterocycles. The number of hydrogen-bond donors (Lipinski definition) is 5. The quantitative estimate of drug-likeness (QED) is 0.171. The van der Waals surface area contributed by atoms with Crippen LogP contribution in [0.1, 0.15) is 64.2 Å². The maximum absolute atomic E-state index is 13.2. The lowest BCUT2D eigenvalue weighted by Gasteiger charge is -2.42. The summed E-state index contributed by atoms with van der Waals surface area (Å²) < 4.78 is 0. The second-order valence-corrected chi connectivity index (χ2v) is 8.92. The van der Waals surface area contributed by atoms with Gasteiger partial charge in [-0.25, -0.2) is 4.79 Å². The molecule has 1 saturated heterocycles. The number of carboxylic acids is 2. The molecule has 2 fully saturated rings.